The molecule has 4 aromatic rings. The number of hydrogen-bond acceptors (Lipinski definition) is 8. The predicted molar refractivity (Wildman–Crippen MR) is 170 cm³/mol. The Morgan fingerprint density at radius 3 is 2.27 bits per heavy atom. The van der Waals surface area contributed by atoms with E-state index in [1.807, 2.05) is 64.2 Å². The molecule has 44 heavy (non-hydrogen) atoms. The van der Waals surface area contributed by atoms with Crippen LogP contribution in [0, 0.1) is 32.1 Å². The van der Waals surface area contributed by atoms with Crippen LogP contribution in [0.4, 0.5) is 10.5 Å². The third-order valence-electron chi connectivity index (χ3n) is 7.25. The van der Waals surface area contributed by atoms with Crippen molar-refractivity contribution in [2.24, 2.45) is 5.10 Å². The number of nitriles is 1. The summed E-state index contributed by atoms with van der Waals surface area (Å²) >= 11 is 0. The van der Waals surface area contributed by atoms with Crippen LogP contribution in [-0.4, -0.2) is 36.7 Å². The van der Waals surface area contributed by atoms with E-state index in [9.17, 15) is 23.3 Å². The molecule has 2 N–H and O–H groups in total. The van der Waals surface area contributed by atoms with Gasteiger partial charge in [0.2, 0.25) is 5.71 Å². The van der Waals surface area contributed by atoms with Gasteiger partial charge in [-0.3, -0.25) is 15.5 Å². The molecule has 10 nitrogen and oxygen atoms in total. The quantitative estimate of drug-likeness (QED) is 0.172. The van der Waals surface area contributed by atoms with Crippen molar-refractivity contribution in [3.63, 3.8) is 0 Å². The van der Waals surface area contributed by atoms with Crippen LogP contribution in [0.25, 0.3) is 10.9 Å². The number of nitrogens with one attached hydrogen (secondary N) is 2. The van der Waals surface area contributed by atoms with E-state index in [1.165, 1.54) is 3.97 Å². The van der Waals surface area contributed by atoms with Crippen LogP contribution in [0.15, 0.2) is 70.8 Å². The number of anilines is 1. The molecule has 0 spiro atoms. The smallest absolute Gasteiger partial charge is 0.414 e. The van der Waals surface area contributed by atoms with Gasteiger partial charge in [0.15, 0.2) is 0 Å². The monoisotopic (exact) mass is 613 g/mol. The number of nitrogens with zero attached hydrogens (tertiary/aromatic N) is 3. The normalized spacial score (nSPS) is 11.8. The average molecular weight is 614 g/mol. The van der Waals surface area contributed by atoms with Crippen LogP contribution in [0.2, 0.25) is 0 Å². The molecule has 11 heteroatoms. The lowest BCUT2D eigenvalue weighted by atomic mass is 9.94. The molecular weight excluding hydrogens is 578 g/mol. The summed E-state index contributed by atoms with van der Waals surface area (Å²) in [6, 6.07) is 18.1. The molecule has 2 amide bonds. The molecule has 0 saturated heterocycles. The fourth-order valence-electron chi connectivity index (χ4n) is 4.97. The van der Waals surface area contributed by atoms with E-state index >= 15 is 0 Å². The number of ether oxygens (including phenoxy) is 1. The third kappa shape index (κ3) is 6.82. The molecule has 0 fully saturated rings. The highest BCUT2D eigenvalue weighted by Gasteiger charge is 2.23. The zero-order valence-electron chi connectivity index (χ0n) is 25.6. The summed E-state index contributed by atoms with van der Waals surface area (Å²) in [5, 5.41) is 16.0. The lowest BCUT2D eigenvalue weighted by Crippen LogP contribution is -2.36. The molecule has 228 valence electrons. The first kappa shape index (κ1) is 32.0. The van der Waals surface area contributed by atoms with Gasteiger partial charge >= 0.3 is 6.09 Å². The third-order valence-corrected chi connectivity index (χ3v) is 8.94. The number of rotatable bonds is 9. The maximum atomic E-state index is 13.6. The van der Waals surface area contributed by atoms with Crippen molar-refractivity contribution < 1.29 is 22.7 Å². The van der Waals surface area contributed by atoms with Gasteiger partial charge in [-0.15, -0.1) is 0 Å². The summed E-state index contributed by atoms with van der Waals surface area (Å²) in [5.41, 5.74) is 9.35. The van der Waals surface area contributed by atoms with Gasteiger partial charge in [0.1, 0.15) is 6.07 Å². The van der Waals surface area contributed by atoms with E-state index in [0.29, 0.717) is 17.6 Å². The zero-order chi connectivity index (χ0) is 32.2. The number of alkyl carbamates (subject to hydrolysis) is 1. The van der Waals surface area contributed by atoms with Gasteiger partial charge in [0.25, 0.3) is 15.9 Å². The van der Waals surface area contributed by atoms with Crippen molar-refractivity contribution in [3.05, 3.63) is 94.2 Å². The van der Waals surface area contributed by atoms with Crippen LogP contribution in [0.5, 0.6) is 0 Å². The fraction of sp³-hybridized carbons (Fsp3) is 0.273. The van der Waals surface area contributed by atoms with Crippen LogP contribution in [0.1, 0.15) is 60.1 Å². The van der Waals surface area contributed by atoms with Crippen molar-refractivity contribution in [2.45, 2.75) is 58.8 Å². The Kier molecular flexibility index (Phi) is 9.55. The Morgan fingerprint density at radius 1 is 1.02 bits per heavy atom. The molecule has 1 aromatic heterocycles. The predicted octanol–water partition coefficient (Wildman–Crippen LogP) is 6.08. The Bertz CT molecular complexity index is 1890. The van der Waals surface area contributed by atoms with E-state index in [0.717, 1.165) is 38.8 Å². The second kappa shape index (κ2) is 13.1. The number of amides is 2. The molecule has 0 aliphatic carbocycles. The number of carbonyl (C=O) groups excluding carboxylic acids is 2. The van der Waals surface area contributed by atoms with Crippen molar-refractivity contribution in [3.8, 4) is 6.07 Å². The summed E-state index contributed by atoms with van der Waals surface area (Å²) in [4.78, 5) is 23.9. The Hall–Kier alpha value is -4.95. The molecule has 4 rings (SSSR count). The van der Waals surface area contributed by atoms with Crippen molar-refractivity contribution in [2.75, 3.05) is 12.0 Å². The minimum atomic E-state index is -3.78. The second-order valence-electron chi connectivity index (χ2n) is 10.8. The van der Waals surface area contributed by atoms with E-state index in [1.54, 1.807) is 43.5 Å². The summed E-state index contributed by atoms with van der Waals surface area (Å²) in [7, 11) is -3.78. The Morgan fingerprint density at radius 2 is 1.68 bits per heavy atom. The number of fused-ring (bicyclic) bond motifs is 1. The first-order valence-electron chi connectivity index (χ1n) is 14.1. The van der Waals surface area contributed by atoms with Crippen LogP contribution in [0.3, 0.4) is 0 Å². The lowest BCUT2D eigenvalue weighted by Gasteiger charge is -2.14. The second-order valence-corrected chi connectivity index (χ2v) is 12.6. The SMILES string of the molecule is CCOC(=O)NC(=O)C(C#N)=NNc1cc(C)c(Cc2ccc3c(c2)c(C(C)C)cn3S(=O)(=O)c2ccc(C)cc2)c(C)c1. The lowest BCUT2D eigenvalue weighted by molar-refractivity contribution is -0.114. The van der Waals surface area contributed by atoms with Gasteiger partial charge in [-0.05, 0) is 104 Å². The van der Waals surface area contributed by atoms with E-state index in [2.05, 4.69) is 21.3 Å². The zero-order valence-corrected chi connectivity index (χ0v) is 26.4. The van der Waals surface area contributed by atoms with E-state index < -0.39 is 27.7 Å². The number of benzene rings is 3. The van der Waals surface area contributed by atoms with Gasteiger partial charge in [0, 0.05) is 11.6 Å². The average Bonchev–Trinajstić information content (AvgIpc) is 3.36. The summed E-state index contributed by atoms with van der Waals surface area (Å²) in [6.07, 6.45) is 1.38. The number of carbonyl (C=O) groups is 2. The first-order chi connectivity index (χ1) is 20.8. The molecule has 1 heterocycles. The molecule has 3 aromatic carbocycles. The molecule has 0 atom stereocenters. The molecule has 0 radical (unpaired) electrons. The Labute approximate surface area is 257 Å². The number of hydrogen-bond donors (Lipinski definition) is 2. The van der Waals surface area contributed by atoms with Crippen molar-refractivity contribution >= 4 is 44.3 Å². The number of aromatic nitrogens is 1. The molecule has 0 aliphatic heterocycles. The van der Waals surface area contributed by atoms with Crippen LogP contribution in [-0.2, 0) is 26.0 Å². The van der Waals surface area contributed by atoms with Gasteiger partial charge in [0.05, 0.1) is 22.7 Å². The van der Waals surface area contributed by atoms with Gasteiger partial charge in [-0.1, -0.05) is 37.6 Å². The molecule has 0 unspecified atom stereocenters. The molecule has 0 bridgehead atoms. The fourth-order valence-corrected chi connectivity index (χ4v) is 6.35. The maximum absolute atomic E-state index is 13.6. The Balaban J connectivity index is 1.62. The number of hydrazone groups is 1. The van der Waals surface area contributed by atoms with E-state index in [4.69, 9.17) is 0 Å². The molecular formula is C33H35N5O5S. The van der Waals surface area contributed by atoms with Gasteiger partial charge in [-0.2, -0.15) is 10.4 Å². The largest absolute Gasteiger partial charge is 0.450 e. The molecule has 0 saturated carbocycles. The number of imide groups is 1. The summed E-state index contributed by atoms with van der Waals surface area (Å²) in [5.74, 6) is -0.866. The summed E-state index contributed by atoms with van der Waals surface area (Å²) in [6.45, 7) is 11.6. The van der Waals surface area contributed by atoms with Gasteiger partial charge < -0.3 is 4.74 Å². The first-order valence-corrected chi connectivity index (χ1v) is 15.6. The van der Waals surface area contributed by atoms with Crippen LogP contribution < -0.4 is 10.7 Å². The minimum Gasteiger partial charge on any atom is -0.450 e. The van der Waals surface area contributed by atoms with Crippen molar-refractivity contribution in [1.29, 1.82) is 5.26 Å². The van der Waals surface area contributed by atoms with Gasteiger partial charge in [-0.25, -0.2) is 17.2 Å². The highest BCUT2D eigenvalue weighted by molar-refractivity contribution is 7.90. The molecule has 0 aliphatic rings. The van der Waals surface area contributed by atoms with Crippen molar-refractivity contribution in [1.82, 2.24) is 9.29 Å². The maximum Gasteiger partial charge on any atom is 0.414 e. The topological polar surface area (TPSA) is 143 Å². The number of aryl methyl sites for hydroxylation is 3. The van der Waals surface area contributed by atoms with E-state index in [-0.39, 0.29) is 17.4 Å². The minimum absolute atomic E-state index is 0.0801. The van der Waals surface area contributed by atoms with Crippen LogP contribution >= 0.6 is 0 Å². The highest BCUT2D eigenvalue weighted by atomic mass is 32.2. The standard InChI is InChI=1S/C33H35N5O5S/c1-7-43-33(40)35-32(39)30(18-34)37-36-25-14-22(5)27(23(6)15-25)16-24-10-13-31-28(17-24)29(20(2)3)19-38(31)44(41,42)26-11-8-21(4)9-12-26/h8-15,17,19-20,36H,7,16H2,1-6H3,(H,35,39,40). The summed E-state index contributed by atoms with van der Waals surface area (Å²) < 4.78 is 33.3. The highest BCUT2D eigenvalue weighted by Crippen LogP contribution is 2.33.